The van der Waals surface area contributed by atoms with Crippen LogP contribution in [0, 0.1) is 0 Å². The molecule has 11 heavy (non-hydrogen) atoms. The summed E-state index contributed by atoms with van der Waals surface area (Å²) < 4.78 is 0. The second kappa shape index (κ2) is 2.92. The van der Waals surface area contributed by atoms with E-state index in [0.29, 0.717) is 12.1 Å². The lowest BCUT2D eigenvalue weighted by Crippen LogP contribution is -2.46. The lowest BCUT2D eigenvalue weighted by atomic mass is 9.90. The first-order valence-electron chi connectivity index (χ1n) is 4.14. The molecule has 0 saturated carbocycles. The zero-order valence-electron chi connectivity index (χ0n) is 6.84. The molecular formula is C8H16ClNO. The molecule has 2 heterocycles. The summed E-state index contributed by atoms with van der Waals surface area (Å²) in [6.45, 7) is 1.96. The summed E-state index contributed by atoms with van der Waals surface area (Å²) in [4.78, 5) is 0. The molecule has 0 radical (unpaired) electrons. The molecule has 2 N–H and O–H groups in total. The molecule has 2 unspecified atom stereocenters. The Balaban J connectivity index is 0.000000605. The minimum absolute atomic E-state index is 0. The first kappa shape index (κ1) is 9.30. The summed E-state index contributed by atoms with van der Waals surface area (Å²) in [7, 11) is 0. The van der Waals surface area contributed by atoms with Crippen LogP contribution in [0.1, 0.15) is 32.6 Å². The van der Waals surface area contributed by atoms with Crippen molar-refractivity contribution < 1.29 is 5.11 Å². The van der Waals surface area contributed by atoms with Gasteiger partial charge in [-0.1, -0.05) is 0 Å². The molecule has 0 aromatic carbocycles. The highest BCUT2D eigenvalue weighted by atomic mass is 35.5. The molecule has 3 heteroatoms. The Labute approximate surface area is 73.8 Å². The second-order valence-electron chi connectivity index (χ2n) is 4.04. The molecule has 2 aliphatic heterocycles. The summed E-state index contributed by atoms with van der Waals surface area (Å²) in [5.41, 5.74) is -0.378. The van der Waals surface area contributed by atoms with E-state index < -0.39 is 0 Å². The van der Waals surface area contributed by atoms with Gasteiger partial charge < -0.3 is 10.4 Å². The van der Waals surface area contributed by atoms with Gasteiger partial charge >= 0.3 is 0 Å². The van der Waals surface area contributed by atoms with Gasteiger partial charge in [0.1, 0.15) is 0 Å². The smallest absolute Gasteiger partial charge is 0.0649 e. The van der Waals surface area contributed by atoms with Crippen molar-refractivity contribution in [2.24, 2.45) is 0 Å². The fourth-order valence-corrected chi connectivity index (χ4v) is 2.37. The average molecular weight is 178 g/mol. The Kier molecular flexibility index (Phi) is 2.47. The van der Waals surface area contributed by atoms with Crippen LogP contribution in [0.2, 0.25) is 0 Å². The van der Waals surface area contributed by atoms with Crippen LogP contribution >= 0.6 is 12.4 Å². The summed E-state index contributed by atoms with van der Waals surface area (Å²) in [6.07, 6.45) is 4.43. The number of aliphatic hydroxyl groups is 1. The quantitative estimate of drug-likeness (QED) is 0.581. The zero-order valence-corrected chi connectivity index (χ0v) is 7.66. The summed E-state index contributed by atoms with van der Waals surface area (Å²) in [5, 5.41) is 13.2. The van der Waals surface area contributed by atoms with Crippen LogP contribution in [0.5, 0.6) is 0 Å². The van der Waals surface area contributed by atoms with Gasteiger partial charge in [-0.3, -0.25) is 0 Å². The average Bonchev–Trinajstić information content (AvgIpc) is 2.08. The number of halogens is 1. The molecule has 0 aromatic heterocycles. The lowest BCUT2D eigenvalue weighted by Gasteiger charge is -2.33. The van der Waals surface area contributed by atoms with Crippen molar-refractivity contribution >= 4 is 12.4 Å². The van der Waals surface area contributed by atoms with E-state index in [2.05, 4.69) is 5.32 Å². The SMILES string of the molecule is CC1(O)CC2CC[C@@H](C1)N2.Cl. The third kappa shape index (κ3) is 1.86. The van der Waals surface area contributed by atoms with Gasteiger partial charge in [0.2, 0.25) is 0 Å². The number of hydrogen-bond acceptors (Lipinski definition) is 2. The largest absolute Gasteiger partial charge is 0.390 e. The van der Waals surface area contributed by atoms with E-state index in [1.165, 1.54) is 12.8 Å². The van der Waals surface area contributed by atoms with Gasteiger partial charge in [0, 0.05) is 12.1 Å². The predicted molar refractivity (Wildman–Crippen MR) is 47.1 cm³/mol. The lowest BCUT2D eigenvalue weighted by molar-refractivity contribution is 0.0111. The first-order chi connectivity index (χ1) is 4.66. The van der Waals surface area contributed by atoms with Crippen molar-refractivity contribution in [3.63, 3.8) is 0 Å². The molecule has 0 aromatic rings. The van der Waals surface area contributed by atoms with Gasteiger partial charge in [0.05, 0.1) is 5.60 Å². The summed E-state index contributed by atoms with van der Waals surface area (Å²) in [5.74, 6) is 0. The van der Waals surface area contributed by atoms with Crippen LogP contribution in [0.15, 0.2) is 0 Å². The topological polar surface area (TPSA) is 32.3 Å². The van der Waals surface area contributed by atoms with Gasteiger partial charge in [-0.2, -0.15) is 0 Å². The minimum Gasteiger partial charge on any atom is -0.390 e. The monoisotopic (exact) mass is 177 g/mol. The summed E-state index contributed by atoms with van der Waals surface area (Å²) >= 11 is 0. The van der Waals surface area contributed by atoms with Crippen LogP contribution in [-0.2, 0) is 0 Å². The minimum atomic E-state index is -0.378. The number of fused-ring (bicyclic) bond motifs is 2. The van der Waals surface area contributed by atoms with Crippen molar-refractivity contribution in [1.82, 2.24) is 5.32 Å². The van der Waals surface area contributed by atoms with Crippen LogP contribution in [0.3, 0.4) is 0 Å². The van der Waals surface area contributed by atoms with Crippen LogP contribution < -0.4 is 5.32 Å². The van der Waals surface area contributed by atoms with Crippen LogP contribution in [0.4, 0.5) is 0 Å². The number of nitrogens with one attached hydrogen (secondary N) is 1. The molecule has 2 aliphatic rings. The molecule has 2 rings (SSSR count). The van der Waals surface area contributed by atoms with Crippen molar-refractivity contribution in [3.8, 4) is 0 Å². The Morgan fingerprint density at radius 2 is 1.73 bits per heavy atom. The van der Waals surface area contributed by atoms with Crippen molar-refractivity contribution in [3.05, 3.63) is 0 Å². The highest BCUT2D eigenvalue weighted by Crippen LogP contribution is 2.33. The van der Waals surface area contributed by atoms with Gasteiger partial charge in [0.25, 0.3) is 0 Å². The van der Waals surface area contributed by atoms with Crippen molar-refractivity contribution in [1.29, 1.82) is 0 Å². The molecule has 2 fully saturated rings. The molecule has 0 aliphatic carbocycles. The van der Waals surface area contributed by atoms with Crippen molar-refractivity contribution in [2.45, 2.75) is 50.3 Å². The number of hydrogen-bond donors (Lipinski definition) is 2. The molecule has 2 bridgehead atoms. The standard InChI is InChI=1S/C8H15NO.ClH/c1-8(10)4-6-2-3-7(5-8)9-6;/h6-7,9-10H,2-5H2,1H3;1H/t6-,7?,8?;/m0./s1. The van der Waals surface area contributed by atoms with Gasteiger partial charge in [-0.05, 0) is 32.6 Å². The Morgan fingerprint density at radius 1 is 1.27 bits per heavy atom. The van der Waals surface area contributed by atoms with E-state index in [-0.39, 0.29) is 18.0 Å². The van der Waals surface area contributed by atoms with Gasteiger partial charge in [0.15, 0.2) is 0 Å². The number of rotatable bonds is 0. The molecular weight excluding hydrogens is 162 g/mol. The third-order valence-corrected chi connectivity index (χ3v) is 2.71. The van der Waals surface area contributed by atoms with Crippen LogP contribution in [0.25, 0.3) is 0 Å². The van der Waals surface area contributed by atoms with Crippen molar-refractivity contribution in [2.75, 3.05) is 0 Å². The molecule has 0 spiro atoms. The molecule has 2 nitrogen and oxygen atoms in total. The Hall–Kier alpha value is 0.210. The van der Waals surface area contributed by atoms with Gasteiger partial charge in [-0.15, -0.1) is 12.4 Å². The maximum atomic E-state index is 9.72. The maximum Gasteiger partial charge on any atom is 0.0649 e. The van der Waals surface area contributed by atoms with E-state index in [0.717, 1.165) is 12.8 Å². The highest BCUT2D eigenvalue weighted by molar-refractivity contribution is 5.85. The third-order valence-electron chi connectivity index (χ3n) is 2.71. The molecule has 2 saturated heterocycles. The zero-order chi connectivity index (χ0) is 7.19. The maximum absolute atomic E-state index is 9.72. The molecule has 66 valence electrons. The van der Waals surface area contributed by atoms with E-state index >= 15 is 0 Å². The summed E-state index contributed by atoms with van der Waals surface area (Å²) in [6, 6.07) is 1.21. The Morgan fingerprint density at radius 3 is 2.18 bits per heavy atom. The van der Waals surface area contributed by atoms with E-state index in [4.69, 9.17) is 0 Å². The van der Waals surface area contributed by atoms with Crippen LogP contribution in [-0.4, -0.2) is 22.8 Å². The normalized spacial score (nSPS) is 48.5. The van der Waals surface area contributed by atoms with E-state index in [1.54, 1.807) is 0 Å². The molecule has 3 atom stereocenters. The number of piperidine rings is 1. The second-order valence-corrected chi connectivity index (χ2v) is 4.04. The molecule has 0 amide bonds. The fraction of sp³-hybridized carbons (Fsp3) is 1.00. The predicted octanol–water partition coefficient (Wildman–Crippen LogP) is 1.07. The Bertz CT molecular complexity index is 135. The highest BCUT2D eigenvalue weighted by Gasteiger charge is 2.38. The van der Waals surface area contributed by atoms with E-state index in [9.17, 15) is 5.11 Å². The van der Waals surface area contributed by atoms with Gasteiger partial charge in [-0.25, -0.2) is 0 Å². The first-order valence-corrected chi connectivity index (χ1v) is 4.14. The fourth-order valence-electron chi connectivity index (χ4n) is 2.37. The van der Waals surface area contributed by atoms with E-state index in [1.807, 2.05) is 6.92 Å².